The van der Waals surface area contributed by atoms with E-state index in [1.165, 1.54) is 0 Å². The van der Waals surface area contributed by atoms with E-state index in [4.69, 9.17) is 18.9 Å². The normalized spacial score (nSPS) is 11.1. The number of thiazole rings is 1. The number of aromatic nitrogens is 1. The van der Waals surface area contributed by atoms with E-state index in [-0.39, 0.29) is 0 Å². The SMILES string of the molecule is CCNCc1nc(COCCOCCOCCOC)cs1. The van der Waals surface area contributed by atoms with Crippen molar-refractivity contribution in [3.63, 3.8) is 0 Å². The molecule has 21 heavy (non-hydrogen) atoms. The highest BCUT2D eigenvalue weighted by atomic mass is 32.1. The van der Waals surface area contributed by atoms with Gasteiger partial charge in [-0.2, -0.15) is 0 Å². The molecule has 7 heteroatoms. The van der Waals surface area contributed by atoms with Gasteiger partial charge in [-0.05, 0) is 6.54 Å². The minimum Gasteiger partial charge on any atom is -0.382 e. The zero-order valence-corrected chi connectivity index (χ0v) is 13.7. The van der Waals surface area contributed by atoms with Gasteiger partial charge in [0.15, 0.2) is 0 Å². The van der Waals surface area contributed by atoms with E-state index in [0.717, 1.165) is 23.8 Å². The minimum absolute atomic E-state index is 0.538. The van der Waals surface area contributed by atoms with Gasteiger partial charge in [0, 0.05) is 19.0 Å². The Bertz CT molecular complexity index is 349. The maximum absolute atomic E-state index is 5.52. The Morgan fingerprint density at radius 3 is 2.38 bits per heavy atom. The molecule has 0 unspecified atom stereocenters. The van der Waals surface area contributed by atoms with Gasteiger partial charge in [-0.3, -0.25) is 0 Å². The third-order valence-corrected chi connectivity index (χ3v) is 3.45. The summed E-state index contributed by atoms with van der Waals surface area (Å²) in [6.07, 6.45) is 0. The molecule has 1 aromatic rings. The molecule has 0 aliphatic carbocycles. The Labute approximate surface area is 130 Å². The van der Waals surface area contributed by atoms with Crippen molar-refractivity contribution in [3.8, 4) is 0 Å². The maximum Gasteiger partial charge on any atom is 0.107 e. The van der Waals surface area contributed by atoms with Crippen LogP contribution in [-0.2, 0) is 32.1 Å². The molecule has 1 aromatic heterocycles. The van der Waals surface area contributed by atoms with E-state index in [1.807, 2.05) is 5.38 Å². The van der Waals surface area contributed by atoms with Crippen molar-refractivity contribution in [1.29, 1.82) is 0 Å². The molecule has 0 amide bonds. The van der Waals surface area contributed by atoms with Crippen LogP contribution in [-0.4, -0.2) is 58.3 Å². The fraction of sp³-hybridized carbons (Fsp3) is 0.786. The molecular formula is C14H26N2O4S. The number of nitrogens with one attached hydrogen (secondary N) is 1. The highest BCUT2D eigenvalue weighted by molar-refractivity contribution is 7.09. The molecule has 0 spiro atoms. The topological polar surface area (TPSA) is 61.8 Å². The lowest BCUT2D eigenvalue weighted by Crippen LogP contribution is -2.12. The molecular weight excluding hydrogens is 292 g/mol. The number of ether oxygens (including phenoxy) is 4. The van der Waals surface area contributed by atoms with Crippen LogP contribution in [0.1, 0.15) is 17.6 Å². The van der Waals surface area contributed by atoms with E-state index in [0.29, 0.717) is 46.2 Å². The van der Waals surface area contributed by atoms with Crippen molar-refractivity contribution in [2.45, 2.75) is 20.1 Å². The average molecular weight is 318 g/mol. The first-order valence-corrected chi connectivity index (χ1v) is 8.11. The summed E-state index contributed by atoms with van der Waals surface area (Å²) in [5.74, 6) is 0. The van der Waals surface area contributed by atoms with Crippen molar-refractivity contribution in [3.05, 3.63) is 16.1 Å². The molecule has 1 heterocycles. The summed E-state index contributed by atoms with van der Waals surface area (Å²) in [4.78, 5) is 4.48. The van der Waals surface area contributed by atoms with Crippen molar-refractivity contribution in [2.24, 2.45) is 0 Å². The Balaban J connectivity index is 1.91. The van der Waals surface area contributed by atoms with Gasteiger partial charge in [0.25, 0.3) is 0 Å². The molecule has 122 valence electrons. The van der Waals surface area contributed by atoms with E-state index in [9.17, 15) is 0 Å². The van der Waals surface area contributed by atoms with Crippen LogP contribution in [0, 0.1) is 0 Å². The van der Waals surface area contributed by atoms with Crippen molar-refractivity contribution in [1.82, 2.24) is 10.3 Å². The molecule has 0 bridgehead atoms. The smallest absolute Gasteiger partial charge is 0.107 e. The van der Waals surface area contributed by atoms with E-state index < -0.39 is 0 Å². The van der Waals surface area contributed by atoms with Crippen molar-refractivity contribution < 1.29 is 18.9 Å². The predicted octanol–water partition coefficient (Wildman–Crippen LogP) is 1.45. The first kappa shape index (κ1) is 18.5. The second-order valence-corrected chi connectivity index (χ2v) is 5.23. The molecule has 6 nitrogen and oxygen atoms in total. The monoisotopic (exact) mass is 318 g/mol. The summed E-state index contributed by atoms with van der Waals surface area (Å²) in [6, 6.07) is 0. The first-order valence-electron chi connectivity index (χ1n) is 7.23. The molecule has 0 saturated heterocycles. The number of hydrogen-bond donors (Lipinski definition) is 1. The molecule has 1 rings (SSSR count). The summed E-state index contributed by atoms with van der Waals surface area (Å²) >= 11 is 1.66. The fourth-order valence-corrected chi connectivity index (χ4v) is 2.24. The maximum atomic E-state index is 5.52. The molecule has 1 N–H and O–H groups in total. The molecule has 0 aliphatic heterocycles. The van der Waals surface area contributed by atoms with Gasteiger partial charge < -0.3 is 24.3 Å². The van der Waals surface area contributed by atoms with Crippen molar-refractivity contribution >= 4 is 11.3 Å². The molecule has 0 aromatic carbocycles. The molecule has 0 fully saturated rings. The Morgan fingerprint density at radius 2 is 1.71 bits per heavy atom. The van der Waals surface area contributed by atoms with Gasteiger partial charge in [-0.1, -0.05) is 6.92 Å². The van der Waals surface area contributed by atoms with Crippen LogP contribution >= 0.6 is 11.3 Å². The molecule has 0 atom stereocenters. The largest absolute Gasteiger partial charge is 0.382 e. The Kier molecular flexibility index (Phi) is 11.5. The lowest BCUT2D eigenvalue weighted by molar-refractivity contribution is 0.000512. The van der Waals surface area contributed by atoms with E-state index in [2.05, 4.69) is 17.2 Å². The fourth-order valence-electron chi connectivity index (χ4n) is 1.49. The van der Waals surface area contributed by atoms with Crippen molar-refractivity contribution in [2.75, 3.05) is 53.3 Å². The molecule has 0 radical (unpaired) electrons. The van der Waals surface area contributed by atoms with Gasteiger partial charge in [0.1, 0.15) is 5.01 Å². The summed E-state index contributed by atoms with van der Waals surface area (Å²) in [6.45, 7) is 7.93. The number of nitrogens with zero attached hydrogens (tertiary/aromatic N) is 1. The number of rotatable bonds is 14. The zero-order chi connectivity index (χ0) is 15.2. The van der Waals surface area contributed by atoms with Crippen LogP contribution in [0.4, 0.5) is 0 Å². The minimum atomic E-state index is 0.538. The Hall–Kier alpha value is -0.570. The highest BCUT2D eigenvalue weighted by Crippen LogP contribution is 2.10. The van der Waals surface area contributed by atoms with Crippen LogP contribution in [0.5, 0.6) is 0 Å². The summed E-state index contributed by atoms with van der Waals surface area (Å²) < 4.78 is 21.1. The summed E-state index contributed by atoms with van der Waals surface area (Å²) in [7, 11) is 1.66. The zero-order valence-electron chi connectivity index (χ0n) is 12.9. The van der Waals surface area contributed by atoms with Gasteiger partial charge in [-0.25, -0.2) is 4.98 Å². The first-order chi connectivity index (χ1) is 10.4. The van der Waals surface area contributed by atoms with Gasteiger partial charge >= 0.3 is 0 Å². The average Bonchev–Trinajstić information content (AvgIpc) is 2.95. The summed E-state index contributed by atoms with van der Waals surface area (Å²) in [5, 5.41) is 6.39. The number of methoxy groups -OCH3 is 1. The molecule has 0 aliphatic rings. The third kappa shape index (κ3) is 9.89. The second-order valence-electron chi connectivity index (χ2n) is 4.28. The highest BCUT2D eigenvalue weighted by Gasteiger charge is 2.01. The van der Waals surface area contributed by atoms with Crippen LogP contribution in [0.2, 0.25) is 0 Å². The lowest BCUT2D eigenvalue weighted by atomic mass is 10.5. The van der Waals surface area contributed by atoms with Gasteiger partial charge in [-0.15, -0.1) is 11.3 Å². The predicted molar refractivity (Wildman–Crippen MR) is 82.7 cm³/mol. The molecule has 0 saturated carbocycles. The quantitative estimate of drug-likeness (QED) is 0.524. The van der Waals surface area contributed by atoms with Crippen LogP contribution in [0.3, 0.4) is 0 Å². The van der Waals surface area contributed by atoms with Crippen LogP contribution in [0.25, 0.3) is 0 Å². The number of hydrogen-bond acceptors (Lipinski definition) is 7. The third-order valence-electron chi connectivity index (χ3n) is 2.55. The van der Waals surface area contributed by atoms with E-state index in [1.54, 1.807) is 18.4 Å². The lowest BCUT2D eigenvalue weighted by Gasteiger charge is -2.05. The Morgan fingerprint density at radius 1 is 1.05 bits per heavy atom. The van der Waals surface area contributed by atoms with Gasteiger partial charge in [0.2, 0.25) is 0 Å². The van der Waals surface area contributed by atoms with E-state index >= 15 is 0 Å². The van der Waals surface area contributed by atoms with Gasteiger partial charge in [0.05, 0.1) is 51.9 Å². The standard InChI is InChI=1S/C14H26N2O4S/c1-3-15-10-14-16-13(12-21-14)11-20-9-8-19-7-6-18-5-4-17-2/h12,15H,3-11H2,1-2H3. The second kappa shape index (κ2) is 13.1. The van der Waals surface area contributed by atoms with Crippen LogP contribution in [0.15, 0.2) is 5.38 Å². The summed E-state index contributed by atoms with van der Waals surface area (Å²) in [5.41, 5.74) is 0.982. The van der Waals surface area contributed by atoms with Crippen LogP contribution < -0.4 is 5.32 Å².